The quantitative estimate of drug-likeness (QED) is 0.923. The highest BCUT2D eigenvalue weighted by Gasteiger charge is 2.42. The lowest BCUT2D eigenvalue weighted by atomic mass is 9.84. The number of aromatic nitrogens is 1. The Morgan fingerprint density at radius 3 is 2.67 bits per heavy atom. The van der Waals surface area contributed by atoms with Crippen LogP contribution in [0.4, 0.5) is 0 Å². The molecule has 18 heavy (non-hydrogen) atoms. The molecular weight excluding hydrogens is 248 g/mol. The van der Waals surface area contributed by atoms with Gasteiger partial charge in [-0.2, -0.15) is 0 Å². The molecule has 96 valence electrons. The Labute approximate surface area is 110 Å². The Hall–Kier alpha value is -1.17. The summed E-state index contributed by atoms with van der Waals surface area (Å²) in [5.74, 6) is 1.74. The molecule has 1 aliphatic rings. The van der Waals surface area contributed by atoms with Gasteiger partial charge in [0.2, 0.25) is 0 Å². The maximum Gasteiger partial charge on any atom is 0.162 e. The number of aryl methyl sites for hydroxylation is 2. The van der Waals surface area contributed by atoms with E-state index in [1.54, 1.807) is 11.3 Å². The van der Waals surface area contributed by atoms with Crippen molar-refractivity contribution in [3.63, 3.8) is 0 Å². The molecule has 0 radical (unpaired) electrons. The van der Waals surface area contributed by atoms with Gasteiger partial charge in [0.15, 0.2) is 10.8 Å². The Kier molecular flexibility index (Phi) is 2.77. The van der Waals surface area contributed by atoms with Crippen LogP contribution < -0.4 is 5.73 Å². The average molecular weight is 264 g/mol. The largest absolute Gasteiger partial charge is 0.459 e. The summed E-state index contributed by atoms with van der Waals surface area (Å²) < 4.78 is 11.0. The van der Waals surface area contributed by atoms with Gasteiger partial charge >= 0.3 is 0 Å². The third kappa shape index (κ3) is 1.70. The first-order valence-electron chi connectivity index (χ1n) is 5.97. The maximum atomic E-state index is 5.90. The Morgan fingerprint density at radius 1 is 1.39 bits per heavy atom. The summed E-state index contributed by atoms with van der Waals surface area (Å²) in [7, 11) is 0. The van der Waals surface area contributed by atoms with Crippen LogP contribution in [0.3, 0.4) is 0 Å². The molecule has 0 spiro atoms. The molecule has 3 heterocycles. The minimum Gasteiger partial charge on any atom is -0.459 e. The van der Waals surface area contributed by atoms with Gasteiger partial charge in [0, 0.05) is 11.4 Å². The summed E-state index contributed by atoms with van der Waals surface area (Å²) in [6, 6.07) is 3.92. The van der Waals surface area contributed by atoms with Gasteiger partial charge in [0.1, 0.15) is 5.76 Å². The van der Waals surface area contributed by atoms with Crippen LogP contribution in [0, 0.1) is 13.8 Å². The van der Waals surface area contributed by atoms with Crippen molar-refractivity contribution in [2.45, 2.75) is 19.3 Å². The monoisotopic (exact) mass is 264 g/mol. The third-order valence-corrected chi connectivity index (χ3v) is 4.80. The zero-order valence-electron chi connectivity index (χ0n) is 10.5. The number of nitrogens with zero attached hydrogens (tertiary/aromatic N) is 1. The molecule has 4 nitrogen and oxygen atoms in total. The molecule has 0 amide bonds. The summed E-state index contributed by atoms with van der Waals surface area (Å²) in [5.41, 5.74) is 6.91. The summed E-state index contributed by atoms with van der Waals surface area (Å²) in [6.45, 7) is 5.96. The summed E-state index contributed by atoms with van der Waals surface area (Å²) in [6.07, 6.45) is 0. The fraction of sp³-hybridized carbons (Fsp3) is 0.462. The van der Waals surface area contributed by atoms with E-state index in [0.717, 1.165) is 22.2 Å². The molecule has 5 heteroatoms. The molecule has 0 bridgehead atoms. The lowest BCUT2D eigenvalue weighted by Gasteiger charge is -2.39. The third-order valence-electron chi connectivity index (χ3n) is 3.38. The number of furan rings is 1. The topological polar surface area (TPSA) is 61.3 Å². The van der Waals surface area contributed by atoms with Crippen molar-refractivity contribution in [2.75, 3.05) is 19.8 Å². The van der Waals surface area contributed by atoms with Crippen LogP contribution in [0.1, 0.15) is 16.3 Å². The zero-order valence-corrected chi connectivity index (χ0v) is 11.3. The lowest BCUT2D eigenvalue weighted by molar-refractivity contribution is -0.0535. The van der Waals surface area contributed by atoms with E-state index in [-0.39, 0.29) is 5.41 Å². The maximum absolute atomic E-state index is 5.90. The minimum atomic E-state index is -0.0262. The van der Waals surface area contributed by atoms with Gasteiger partial charge in [-0.15, -0.1) is 11.3 Å². The molecule has 2 aromatic heterocycles. The first-order chi connectivity index (χ1) is 8.64. The van der Waals surface area contributed by atoms with Crippen LogP contribution in [-0.4, -0.2) is 24.7 Å². The summed E-state index contributed by atoms with van der Waals surface area (Å²) in [4.78, 5) is 5.84. The van der Waals surface area contributed by atoms with Crippen molar-refractivity contribution in [1.82, 2.24) is 4.98 Å². The number of thiazole rings is 1. The van der Waals surface area contributed by atoms with E-state index >= 15 is 0 Å². The van der Waals surface area contributed by atoms with Crippen LogP contribution in [-0.2, 0) is 10.2 Å². The summed E-state index contributed by atoms with van der Waals surface area (Å²) in [5, 5.41) is 0.926. The van der Waals surface area contributed by atoms with Crippen molar-refractivity contribution >= 4 is 11.3 Å². The molecule has 0 atom stereocenters. The molecule has 2 aromatic rings. The smallest absolute Gasteiger partial charge is 0.162 e. The molecule has 1 fully saturated rings. The highest BCUT2D eigenvalue weighted by molar-refractivity contribution is 7.15. The van der Waals surface area contributed by atoms with Crippen LogP contribution in [0.5, 0.6) is 0 Å². The first-order valence-corrected chi connectivity index (χ1v) is 6.79. The van der Waals surface area contributed by atoms with E-state index in [1.165, 1.54) is 4.88 Å². The molecule has 0 aliphatic carbocycles. The summed E-state index contributed by atoms with van der Waals surface area (Å²) >= 11 is 1.67. The number of hydrogen-bond donors (Lipinski definition) is 1. The van der Waals surface area contributed by atoms with E-state index in [9.17, 15) is 0 Å². The molecule has 3 rings (SSSR count). The fourth-order valence-corrected chi connectivity index (χ4v) is 3.43. The van der Waals surface area contributed by atoms with Gasteiger partial charge in [-0.3, -0.25) is 0 Å². The van der Waals surface area contributed by atoms with Crippen molar-refractivity contribution in [3.05, 3.63) is 28.5 Å². The fourth-order valence-electron chi connectivity index (χ4n) is 2.23. The van der Waals surface area contributed by atoms with Crippen LogP contribution in [0.2, 0.25) is 0 Å². The van der Waals surface area contributed by atoms with Gasteiger partial charge in [-0.05, 0) is 26.0 Å². The number of nitrogens with two attached hydrogens (primary N) is 1. The SMILES string of the molecule is Cc1ccc(-c2nc(C)c(C3(CN)COC3)s2)o1. The van der Waals surface area contributed by atoms with Gasteiger partial charge in [-0.1, -0.05) is 0 Å². The van der Waals surface area contributed by atoms with Gasteiger partial charge < -0.3 is 14.9 Å². The average Bonchev–Trinajstić information content (AvgIpc) is 2.86. The molecule has 1 aliphatic heterocycles. The minimum absolute atomic E-state index is 0.0262. The van der Waals surface area contributed by atoms with Crippen molar-refractivity contribution < 1.29 is 9.15 Å². The Morgan fingerprint density at radius 2 is 2.17 bits per heavy atom. The van der Waals surface area contributed by atoms with E-state index in [4.69, 9.17) is 14.9 Å². The van der Waals surface area contributed by atoms with Crippen LogP contribution in [0.15, 0.2) is 16.5 Å². The predicted molar refractivity (Wildman–Crippen MR) is 70.8 cm³/mol. The van der Waals surface area contributed by atoms with Crippen molar-refractivity contribution in [1.29, 1.82) is 0 Å². The second-order valence-electron chi connectivity index (χ2n) is 4.82. The lowest BCUT2D eigenvalue weighted by Crippen LogP contribution is -2.52. The molecule has 0 unspecified atom stereocenters. The number of rotatable bonds is 3. The van der Waals surface area contributed by atoms with Gasteiger partial charge in [0.05, 0.1) is 24.3 Å². The van der Waals surface area contributed by atoms with E-state index < -0.39 is 0 Å². The number of hydrogen-bond acceptors (Lipinski definition) is 5. The van der Waals surface area contributed by atoms with Crippen LogP contribution in [0.25, 0.3) is 10.8 Å². The van der Waals surface area contributed by atoms with E-state index in [2.05, 4.69) is 4.98 Å². The highest BCUT2D eigenvalue weighted by atomic mass is 32.1. The van der Waals surface area contributed by atoms with E-state index in [0.29, 0.717) is 19.8 Å². The second kappa shape index (κ2) is 4.19. The predicted octanol–water partition coefficient (Wildman–Crippen LogP) is 2.25. The highest BCUT2D eigenvalue weighted by Crippen LogP contribution is 2.40. The van der Waals surface area contributed by atoms with Crippen LogP contribution >= 0.6 is 11.3 Å². The number of ether oxygens (including phenoxy) is 1. The molecule has 1 saturated heterocycles. The second-order valence-corrected chi connectivity index (χ2v) is 5.82. The molecule has 0 aromatic carbocycles. The van der Waals surface area contributed by atoms with Crippen molar-refractivity contribution in [2.24, 2.45) is 5.73 Å². The Bertz CT molecular complexity index is 564. The zero-order chi connectivity index (χ0) is 12.8. The van der Waals surface area contributed by atoms with Gasteiger partial charge in [0.25, 0.3) is 0 Å². The molecule has 2 N–H and O–H groups in total. The standard InChI is InChI=1S/C13H16N2O2S/c1-8-3-4-10(17-8)12-15-9(2)11(18-12)13(5-14)6-16-7-13/h3-4H,5-7,14H2,1-2H3. The Balaban J connectivity index is 2.01. The van der Waals surface area contributed by atoms with E-state index in [1.807, 2.05) is 26.0 Å². The normalized spacial score (nSPS) is 17.7. The molecular formula is C13H16N2O2S. The van der Waals surface area contributed by atoms with Gasteiger partial charge in [-0.25, -0.2) is 4.98 Å². The first kappa shape index (κ1) is 11.9. The van der Waals surface area contributed by atoms with Crippen molar-refractivity contribution in [3.8, 4) is 10.8 Å². The molecule has 0 saturated carbocycles.